The van der Waals surface area contributed by atoms with Crippen LogP contribution in [-0.4, -0.2) is 40.9 Å². The topological polar surface area (TPSA) is 70.0 Å². The van der Waals surface area contributed by atoms with Gasteiger partial charge in [0.2, 0.25) is 0 Å². The van der Waals surface area contributed by atoms with Crippen molar-refractivity contribution in [1.29, 1.82) is 0 Å². The molecular weight excluding hydrogens is 499 g/mol. The highest BCUT2D eigenvalue weighted by molar-refractivity contribution is 14.0. The van der Waals surface area contributed by atoms with E-state index in [1.165, 1.54) is 27.7 Å². The van der Waals surface area contributed by atoms with Crippen molar-refractivity contribution < 1.29 is 0 Å². The van der Waals surface area contributed by atoms with Crippen LogP contribution in [0.5, 0.6) is 0 Å². The van der Waals surface area contributed by atoms with Crippen molar-refractivity contribution in [2.24, 2.45) is 4.99 Å². The predicted octanol–water partition coefficient (Wildman–Crippen LogP) is 4.23. The summed E-state index contributed by atoms with van der Waals surface area (Å²) in [4.78, 5) is 7.81. The van der Waals surface area contributed by atoms with Crippen LogP contribution in [0.1, 0.15) is 16.8 Å². The fourth-order valence-electron chi connectivity index (χ4n) is 3.75. The highest BCUT2D eigenvalue weighted by atomic mass is 127. The molecule has 0 saturated heterocycles. The molecule has 0 aliphatic rings. The van der Waals surface area contributed by atoms with Crippen LogP contribution in [-0.2, 0) is 12.8 Å². The normalized spacial score (nSPS) is 11.4. The number of aliphatic imine (C=N–C) groups is 1. The van der Waals surface area contributed by atoms with Crippen LogP contribution in [0.25, 0.3) is 16.6 Å². The van der Waals surface area contributed by atoms with Crippen LogP contribution < -0.4 is 10.6 Å². The summed E-state index contributed by atoms with van der Waals surface area (Å²) < 4.78 is 1.86. The van der Waals surface area contributed by atoms with Gasteiger partial charge in [-0.25, -0.2) is 4.68 Å². The van der Waals surface area contributed by atoms with Gasteiger partial charge in [-0.15, -0.1) is 24.0 Å². The van der Waals surface area contributed by atoms with Crippen LogP contribution in [0.4, 0.5) is 0 Å². The van der Waals surface area contributed by atoms with E-state index in [2.05, 4.69) is 81.2 Å². The number of H-pyrrole nitrogens is 1. The minimum Gasteiger partial charge on any atom is -0.358 e. The third-order valence-corrected chi connectivity index (χ3v) is 5.33. The van der Waals surface area contributed by atoms with E-state index < -0.39 is 0 Å². The maximum atomic E-state index is 4.35. The Bertz CT molecular complexity index is 1110. The Labute approximate surface area is 200 Å². The van der Waals surface area contributed by atoms with Crippen molar-refractivity contribution in [2.45, 2.75) is 19.8 Å². The number of aromatic amines is 1. The highest BCUT2D eigenvalue weighted by Gasteiger charge is 2.08. The molecule has 2 aromatic carbocycles. The first kappa shape index (κ1) is 22.9. The van der Waals surface area contributed by atoms with Gasteiger partial charge in [0.1, 0.15) is 0 Å². The van der Waals surface area contributed by atoms with E-state index in [9.17, 15) is 0 Å². The van der Waals surface area contributed by atoms with E-state index in [-0.39, 0.29) is 24.0 Å². The first-order valence-corrected chi connectivity index (χ1v) is 10.3. The van der Waals surface area contributed by atoms with Crippen LogP contribution >= 0.6 is 24.0 Å². The average molecular weight is 528 g/mol. The smallest absolute Gasteiger partial charge is 0.190 e. The number of hydrogen-bond acceptors (Lipinski definition) is 2. The van der Waals surface area contributed by atoms with E-state index in [4.69, 9.17) is 0 Å². The predicted molar refractivity (Wildman–Crippen MR) is 139 cm³/mol. The zero-order chi connectivity index (χ0) is 20.8. The summed E-state index contributed by atoms with van der Waals surface area (Å²) in [5.74, 6) is 0.834. The molecule has 6 nitrogen and oxygen atoms in total. The second-order valence-electron chi connectivity index (χ2n) is 7.32. The van der Waals surface area contributed by atoms with Gasteiger partial charge in [0.15, 0.2) is 5.96 Å². The van der Waals surface area contributed by atoms with E-state index in [0.717, 1.165) is 37.6 Å². The van der Waals surface area contributed by atoms with E-state index >= 15 is 0 Å². The van der Waals surface area contributed by atoms with Gasteiger partial charge in [0, 0.05) is 49.1 Å². The summed E-state index contributed by atoms with van der Waals surface area (Å²) in [6, 6.07) is 18.9. The molecule has 2 heterocycles. The van der Waals surface area contributed by atoms with Crippen LogP contribution in [0.15, 0.2) is 72.0 Å². The molecular formula is C24H29IN6. The largest absolute Gasteiger partial charge is 0.358 e. The van der Waals surface area contributed by atoms with Crippen molar-refractivity contribution in [3.05, 3.63) is 83.8 Å². The molecule has 31 heavy (non-hydrogen) atoms. The van der Waals surface area contributed by atoms with Crippen molar-refractivity contribution in [2.75, 3.05) is 20.1 Å². The van der Waals surface area contributed by atoms with Gasteiger partial charge in [-0.3, -0.25) is 4.99 Å². The molecule has 162 valence electrons. The summed E-state index contributed by atoms with van der Waals surface area (Å²) in [7, 11) is 1.81. The zero-order valence-corrected chi connectivity index (χ0v) is 20.3. The number of halogens is 1. The number of rotatable bonds is 7. The Hall–Kier alpha value is -2.81. The first-order valence-electron chi connectivity index (χ1n) is 10.3. The lowest BCUT2D eigenvalue weighted by Gasteiger charge is -2.12. The SMILES string of the molecule is CN=C(NCCc1ccc(-n2cccn2)cc1)NCCc1c(C)[nH]c2ccccc12.I. The second kappa shape index (κ2) is 11.0. The lowest BCUT2D eigenvalue weighted by atomic mass is 10.1. The number of hydrogen-bond donors (Lipinski definition) is 3. The molecule has 4 aromatic rings. The Kier molecular flexibility index (Phi) is 8.11. The highest BCUT2D eigenvalue weighted by Crippen LogP contribution is 2.21. The third kappa shape index (κ3) is 5.66. The molecule has 0 fully saturated rings. The summed E-state index contributed by atoms with van der Waals surface area (Å²) >= 11 is 0. The van der Waals surface area contributed by atoms with Gasteiger partial charge in [0.05, 0.1) is 5.69 Å². The molecule has 7 heteroatoms. The molecule has 0 spiro atoms. The molecule has 0 amide bonds. The zero-order valence-electron chi connectivity index (χ0n) is 17.9. The molecule has 4 rings (SSSR count). The quantitative estimate of drug-likeness (QED) is 0.191. The first-order chi connectivity index (χ1) is 14.7. The molecule has 0 aliphatic carbocycles. The minimum absolute atomic E-state index is 0. The number of nitrogens with zero attached hydrogens (tertiary/aromatic N) is 3. The van der Waals surface area contributed by atoms with Crippen molar-refractivity contribution in [3.63, 3.8) is 0 Å². The molecule has 0 atom stereocenters. The molecule has 2 aromatic heterocycles. The number of nitrogens with one attached hydrogen (secondary N) is 3. The van der Waals surface area contributed by atoms with Crippen molar-refractivity contribution in [3.8, 4) is 5.69 Å². The Morgan fingerprint density at radius 2 is 1.74 bits per heavy atom. The standard InChI is InChI=1S/C24H28N6.HI/c1-18-21(22-6-3-4-7-23(22)29-18)13-16-27-24(25-2)26-15-12-19-8-10-20(11-9-19)30-17-5-14-28-30;/h3-11,14,17,29H,12-13,15-16H2,1-2H3,(H2,25,26,27);1H. The molecule has 0 saturated carbocycles. The number of fused-ring (bicyclic) bond motifs is 1. The summed E-state index contributed by atoms with van der Waals surface area (Å²) in [6.07, 6.45) is 5.62. The second-order valence-corrected chi connectivity index (χ2v) is 7.32. The number of benzene rings is 2. The Morgan fingerprint density at radius 1 is 1.00 bits per heavy atom. The van der Waals surface area contributed by atoms with Gasteiger partial charge < -0.3 is 15.6 Å². The minimum atomic E-state index is 0. The average Bonchev–Trinajstić information content (AvgIpc) is 3.41. The van der Waals surface area contributed by atoms with Gasteiger partial charge in [-0.05, 0) is 55.2 Å². The molecule has 3 N–H and O–H groups in total. The van der Waals surface area contributed by atoms with E-state index in [1.54, 1.807) is 6.20 Å². The Balaban J connectivity index is 0.00000272. The molecule has 0 bridgehead atoms. The fourth-order valence-corrected chi connectivity index (χ4v) is 3.75. The van der Waals surface area contributed by atoms with Gasteiger partial charge in [-0.1, -0.05) is 30.3 Å². The number of para-hydroxylation sites is 1. The summed E-state index contributed by atoms with van der Waals surface area (Å²) in [5.41, 5.74) is 6.15. The lowest BCUT2D eigenvalue weighted by molar-refractivity contribution is 0.783. The van der Waals surface area contributed by atoms with E-state index in [0.29, 0.717) is 0 Å². The number of aryl methyl sites for hydroxylation is 1. The van der Waals surface area contributed by atoms with E-state index in [1.807, 2.05) is 24.0 Å². The lowest BCUT2D eigenvalue weighted by Crippen LogP contribution is -2.39. The monoisotopic (exact) mass is 528 g/mol. The van der Waals surface area contributed by atoms with Gasteiger partial charge in [0.25, 0.3) is 0 Å². The van der Waals surface area contributed by atoms with Crippen molar-refractivity contribution in [1.82, 2.24) is 25.4 Å². The maximum Gasteiger partial charge on any atom is 0.190 e. The van der Waals surface area contributed by atoms with Crippen LogP contribution in [0, 0.1) is 6.92 Å². The number of aromatic nitrogens is 3. The Morgan fingerprint density at radius 3 is 2.45 bits per heavy atom. The van der Waals surface area contributed by atoms with Crippen LogP contribution in [0.3, 0.4) is 0 Å². The van der Waals surface area contributed by atoms with Crippen LogP contribution in [0.2, 0.25) is 0 Å². The third-order valence-electron chi connectivity index (χ3n) is 5.33. The van der Waals surface area contributed by atoms with Gasteiger partial charge >= 0.3 is 0 Å². The molecule has 0 aliphatic heterocycles. The maximum absolute atomic E-state index is 4.35. The molecule has 0 radical (unpaired) electrons. The number of guanidine groups is 1. The summed E-state index contributed by atoms with van der Waals surface area (Å²) in [5, 5.41) is 12.4. The van der Waals surface area contributed by atoms with Crippen molar-refractivity contribution >= 4 is 40.8 Å². The fraction of sp³-hybridized carbons (Fsp3) is 0.250. The summed E-state index contributed by atoms with van der Waals surface area (Å²) in [6.45, 7) is 3.80. The van der Waals surface area contributed by atoms with Gasteiger partial charge in [-0.2, -0.15) is 5.10 Å². The molecule has 0 unspecified atom stereocenters.